The van der Waals surface area contributed by atoms with E-state index in [1.165, 1.54) is 30.6 Å². The summed E-state index contributed by atoms with van der Waals surface area (Å²) in [7, 11) is 0. The Morgan fingerprint density at radius 1 is 1.29 bits per heavy atom. The average molecular weight is 423 g/mol. The number of aryl methyl sites for hydroxylation is 1. The monoisotopic (exact) mass is 422 g/mol. The lowest BCUT2D eigenvalue weighted by Crippen LogP contribution is -2.38. The Morgan fingerprint density at radius 2 is 2.00 bits per heavy atom. The number of thiazole rings is 2. The quantitative estimate of drug-likeness (QED) is 0.706. The molecule has 154 valence electrons. The summed E-state index contributed by atoms with van der Waals surface area (Å²) in [4.78, 5) is 24.9. The zero-order valence-electron chi connectivity index (χ0n) is 17.1. The standard InChI is InChI=1S/C20H30N4O2S2/c1-13-16(28-18(21-13)23-17(26)20(2,3)4)15-12-27-19(22-15)24(10-11-25)14-8-6-5-7-9-14/h12,14,25H,5-11H2,1-4H3,(H,21,23,26). The first-order valence-electron chi connectivity index (χ1n) is 9.92. The minimum absolute atomic E-state index is 0.0433. The number of anilines is 2. The fourth-order valence-electron chi connectivity index (χ4n) is 3.41. The number of hydrogen-bond acceptors (Lipinski definition) is 7. The molecule has 0 saturated heterocycles. The van der Waals surface area contributed by atoms with E-state index in [-0.39, 0.29) is 12.5 Å². The van der Waals surface area contributed by atoms with Gasteiger partial charge in [-0.05, 0) is 19.8 Å². The average Bonchev–Trinajstić information content (AvgIpc) is 3.26. The molecule has 6 nitrogen and oxygen atoms in total. The van der Waals surface area contributed by atoms with E-state index >= 15 is 0 Å². The molecule has 0 aliphatic heterocycles. The maximum atomic E-state index is 12.2. The largest absolute Gasteiger partial charge is 0.395 e. The Labute approximate surface area is 175 Å². The normalized spacial score (nSPS) is 15.6. The van der Waals surface area contributed by atoms with E-state index in [1.807, 2.05) is 27.7 Å². The second kappa shape index (κ2) is 8.88. The van der Waals surface area contributed by atoms with Gasteiger partial charge in [-0.1, -0.05) is 51.4 Å². The molecule has 3 rings (SSSR count). The SMILES string of the molecule is Cc1nc(NC(=O)C(C)(C)C)sc1-c1csc(N(CCO)C2CCCCC2)n1. The molecule has 0 bridgehead atoms. The van der Waals surface area contributed by atoms with Crippen molar-refractivity contribution in [2.45, 2.75) is 65.8 Å². The lowest BCUT2D eigenvalue weighted by atomic mass is 9.94. The van der Waals surface area contributed by atoms with E-state index in [9.17, 15) is 9.90 Å². The Kier molecular flexibility index (Phi) is 6.73. The highest BCUT2D eigenvalue weighted by molar-refractivity contribution is 7.20. The van der Waals surface area contributed by atoms with Gasteiger partial charge in [0.25, 0.3) is 0 Å². The summed E-state index contributed by atoms with van der Waals surface area (Å²) in [5.41, 5.74) is 1.31. The van der Waals surface area contributed by atoms with E-state index in [2.05, 4.69) is 20.6 Å². The summed E-state index contributed by atoms with van der Waals surface area (Å²) in [6.45, 7) is 8.36. The molecule has 2 aromatic heterocycles. The van der Waals surface area contributed by atoms with Crippen molar-refractivity contribution < 1.29 is 9.90 Å². The molecule has 1 aliphatic carbocycles. The van der Waals surface area contributed by atoms with Crippen LogP contribution in [0.3, 0.4) is 0 Å². The number of aliphatic hydroxyl groups is 1. The van der Waals surface area contributed by atoms with Crippen LogP contribution in [0.5, 0.6) is 0 Å². The van der Waals surface area contributed by atoms with Crippen molar-refractivity contribution in [2.75, 3.05) is 23.4 Å². The van der Waals surface area contributed by atoms with Crippen LogP contribution in [0.25, 0.3) is 10.6 Å². The highest BCUT2D eigenvalue weighted by Crippen LogP contribution is 2.37. The van der Waals surface area contributed by atoms with Crippen molar-refractivity contribution in [1.29, 1.82) is 0 Å². The molecule has 1 saturated carbocycles. The van der Waals surface area contributed by atoms with Gasteiger partial charge in [-0.15, -0.1) is 11.3 Å². The number of aromatic nitrogens is 2. The molecule has 28 heavy (non-hydrogen) atoms. The number of amides is 1. The maximum Gasteiger partial charge on any atom is 0.231 e. The van der Waals surface area contributed by atoms with Crippen molar-refractivity contribution in [3.05, 3.63) is 11.1 Å². The highest BCUT2D eigenvalue weighted by Gasteiger charge is 2.25. The Hall–Kier alpha value is -1.51. The van der Waals surface area contributed by atoms with Crippen LogP contribution >= 0.6 is 22.7 Å². The molecular weight excluding hydrogens is 392 g/mol. The summed E-state index contributed by atoms with van der Waals surface area (Å²) in [6.07, 6.45) is 6.12. The first-order chi connectivity index (χ1) is 13.3. The molecule has 0 radical (unpaired) electrons. The molecule has 2 N–H and O–H groups in total. The summed E-state index contributed by atoms with van der Waals surface area (Å²) in [5, 5.41) is 16.1. The third-order valence-electron chi connectivity index (χ3n) is 5.03. The Bertz CT molecular complexity index is 803. The van der Waals surface area contributed by atoms with Crippen molar-refractivity contribution in [2.24, 2.45) is 5.41 Å². The van der Waals surface area contributed by atoms with Gasteiger partial charge in [-0.2, -0.15) is 0 Å². The van der Waals surface area contributed by atoms with Crippen LogP contribution < -0.4 is 10.2 Å². The number of aliphatic hydroxyl groups excluding tert-OH is 1. The van der Waals surface area contributed by atoms with Crippen LogP contribution in [0.4, 0.5) is 10.3 Å². The van der Waals surface area contributed by atoms with Crippen LogP contribution in [0.15, 0.2) is 5.38 Å². The number of nitrogens with one attached hydrogen (secondary N) is 1. The minimum Gasteiger partial charge on any atom is -0.395 e. The van der Waals surface area contributed by atoms with E-state index in [1.54, 1.807) is 11.3 Å². The van der Waals surface area contributed by atoms with Crippen molar-refractivity contribution in [3.63, 3.8) is 0 Å². The lowest BCUT2D eigenvalue weighted by Gasteiger charge is -2.33. The fraction of sp³-hybridized carbons (Fsp3) is 0.650. The van der Waals surface area contributed by atoms with Crippen molar-refractivity contribution >= 4 is 38.8 Å². The van der Waals surface area contributed by atoms with Gasteiger partial charge < -0.3 is 15.3 Å². The Balaban J connectivity index is 1.80. The van der Waals surface area contributed by atoms with E-state index in [4.69, 9.17) is 4.98 Å². The summed E-state index contributed by atoms with van der Waals surface area (Å²) in [5.74, 6) is -0.0433. The molecule has 1 aliphatic rings. The topological polar surface area (TPSA) is 78.4 Å². The number of carbonyl (C=O) groups excluding carboxylic acids is 1. The second-order valence-corrected chi connectivity index (χ2v) is 10.2. The van der Waals surface area contributed by atoms with Gasteiger partial charge in [0, 0.05) is 23.4 Å². The zero-order chi connectivity index (χ0) is 20.3. The second-order valence-electron chi connectivity index (χ2n) is 8.36. The minimum atomic E-state index is -0.460. The number of hydrogen-bond donors (Lipinski definition) is 2. The van der Waals surface area contributed by atoms with Crippen molar-refractivity contribution in [3.8, 4) is 10.6 Å². The summed E-state index contributed by atoms with van der Waals surface area (Å²) in [6, 6.07) is 0.462. The first kappa shape index (κ1) is 21.2. The molecule has 8 heteroatoms. The van der Waals surface area contributed by atoms with Crippen LogP contribution in [0.2, 0.25) is 0 Å². The smallest absolute Gasteiger partial charge is 0.231 e. The fourth-order valence-corrected chi connectivity index (χ4v) is 5.32. The van der Waals surface area contributed by atoms with Gasteiger partial charge in [0.2, 0.25) is 5.91 Å². The van der Waals surface area contributed by atoms with E-state index in [0.717, 1.165) is 34.2 Å². The molecule has 0 spiro atoms. The molecule has 2 aromatic rings. The highest BCUT2D eigenvalue weighted by atomic mass is 32.1. The van der Waals surface area contributed by atoms with Gasteiger partial charge >= 0.3 is 0 Å². The molecule has 0 aromatic carbocycles. The van der Waals surface area contributed by atoms with Crippen LogP contribution in [0, 0.1) is 12.3 Å². The molecule has 2 heterocycles. The van der Waals surface area contributed by atoms with E-state index in [0.29, 0.717) is 17.7 Å². The van der Waals surface area contributed by atoms with Gasteiger partial charge in [0.05, 0.1) is 22.9 Å². The molecule has 0 atom stereocenters. The lowest BCUT2D eigenvalue weighted by molar-refractivity contribution is -0.123. The number of nitrogens with zero attached hydrogens (tertiary/aromatic N) is 3. The molecule has 1 amide bonds. The van der Waals surface area contributed by atoms with Crippen LogP contribution in [-0.4, -0.2) is 40.2 Å². The summed E-state index contributed by atoms with van der Waals surface area (Å²) < 4.78 is 0. The predicted octanol–water partition coefficient (Wildman–Crippen LogP) is 4.69. The third kappa shape index (κ3) is 4.90. The first-order valence-corrected chi connectivity index (χ1v) is 11.6. The number of rotatable bonds is 6. The van der Waals surface area contributed by atoms with Gasteiger partial charge in [0.1, 0.15) is 0 Å². The third-order valence-corrected chi connectivity index (χ3v) is 7.00. The predicted molar refractivity (Wildman–Crippen MR) is 117 cm³/mol. The Morgan fingerprint density at radius 3 is 2.64 bits per heavy atom. The van der Waals surface area contributed by atoms with Gasteiger partial charge in [-0.25, -0.2) is 9.97 Å². The molecular formula is C20H30N4O2S2. The summed E-state index contributed by atoms with van der Waals surface area (Å²) >= 11 is 3.08. The maximum absolute atomic E-state index is 12.2. The zero-order valence-corrected chi connectivity index (χ0v) is 18.8. The van der Waals surface area contributed by atoms with Crippen molar-refractivity contribution in [1.82, 2.24) is 9.97 Å². The molecule has 1 fully saturated rings. The van der Waals surface area contributed by atoms with Gasteiger partial charge in [-0.3, -0.25) is 4.79 Å². The van der Waals surface area contributed by atoms with Gasteiger partial charge in [0.15, 0.2) is 10.3 Å². The van der Waals surface area contributed by atoms with Crippen LogP contribution in [0.1, 0.15) is 58.6 Å². The molecule has 0 unspecified atom stereocenters. The number of carbonyl (C=O) groups is 1. The van der Waals surface area contributed by atoms with E-state index < -0.39 is 5.41 Å². The van der Waals surface area contributed by atoms with Crippen LogP contribution in [-0.2, 0) is 4.79 Å².